The van der Waals surface area contributed by atoms with Crippen molar-refractivity contribution >= 4 is 10.9 Å². The molecule has 0 aliphatic carbocycles. The van der Waals surface area contributed by atoms with Gasteiger partial charge in [-0.1, -0.05) is 18.2 Å². The van der Waals surface area contributed by atoms with E-state index in [1.165, 1.54) is 22.9 Å². The van der Waals surface area contributed by atoms with Crippen LogP contribution < -0.4 is 5.32 Å². The SMILES string of the molecule is Cc1ccc(CNC2CCCOC2)c2cccnc12. The van der Waals surface area contributed by atoms with Crippen LogP contribution in [0.3, 0.4) is 0 Å². The quantitative estimate of drug-likeness (QED) is 0.917. The Morgan fingerprint density at radius 2 is 2.32 bits per heavy atom. The predicted molar refractivity (Wildman–Crippen MR) is 77.2 cm³/mol. The summed E-state index contributed by atoms with van der Waals surface area (Å²) < 4.78 is 5.50. The fraction of sp³-hybridized carbons (Fsp3) is 0.438. The highest BCUT2D eigenvalue weighted by molar-refractivity contribution is 5.84. The molecule has 1 fully saturated rings. The highest BCUT2D eigenvalue weighted by Crippen LogP contribution is 2.20. The van der Waals surface area contributed by atoms with E-state index >= 15 is 0 Å². The van der Waals surface area contributed by atoms with E-state index < -0.39 is 0 Å². The molecule has 1 aliphatic heterocycles. The van der Waals surface area contributed by atoms with Gasteiger partial charge in [-0.2, -0.15) is 0 Å². The zero-order valence-corrected chi connectivity index (χ0v) is 11.4. The van der Waals surface area contributed by atoms with Crippen molar-refractivity contribution in [1.82, 2.24) is 10.3 Å². The van der Waals surface area contributed by atoms with Gasteiger partial charge in [-0.25, -0.2) is 0 Å². The molecule has 19 heavy (non-hydrogen) atoms. The molecule has 0 bridgehead atoms. The first kappa shape index (κ1) is 12.6. The molecule has 1 aromatic heterocycles. The second-order valence-electron chi connectivity index (χ2n) is 5.24. The minimum atomic E-state index is 0.488. The van der Waals surface area contributed by atoms with Gasteiger partial charge in [0.05, 0.1) is 12.1 Å². The third-order valence-electron chi connectivity index (χ3n) is 3.80. The Labute approximate surface area is 114 Å². The van der Waals surface area contributed by atoms with Crippen LogP contribution in [0.4, 0.5) is 0 Å². The average Bonchev–Trinajstić information content (AvgIpc) is 2.48. The molecule has 1 saturated heterocycles. The van der Waals surface area contributed by atoms with Gasteiger partial charge < -0.3 is 10.1 Å². The highest BCUT2D eigenvalue weighted by Gasteiger charge is 2.13. The Balaban J connectivity index is 1.79. The number of fused-ring (bicyclic) bond motifs is 1. The van der Waals surface area contributed by atoms with Gasteiger partial charge in [0.1, 0.15) is 0 Å². The Morgan fingerprint density at radius 3 is 3.16 bits per heavy atom. The maximum absolute atomic E-state index is 5.50. The van der Waals surface area contributed by atoms with E-state index in [-0.39, 0.29) is 0 Å². The number of ether oxygens (including phenoxy) is 1. The summed E-state index contributed by atoms with van der Waals surface area (Å²) in [6, 6.07) is 9.01. The number of aryl methyl sites for hydroxylation is 1. The van der Waals surface area contributed by atoms with E-state index in [0.717, 1.165) is 31.7 Å². The first-order valence-corrected chi connectivity index (χ1v) is 6.99. The number of benzene rings is 1. The van der Waals surface area contributed by atoms with E-state index in [1.54, 1.807) is 0 Å². The number of aromatic nitrogens is 1. The van der Waals surface area contributed by atoms with Crippen LogP contribution in [0.15, 0.2) is 30.5 Å². The Bertz CT molecular complexity index is 562. The van der Waals surface area contributed by atoms with Crippen molar-refractivity contribution in [2.24, 2.45) is 0 Å². The number of nitrogens with one attached hydrogen (secondary N) is 1. The Kier molecular flexibility index (Phi) is 3.76. The van der Waals surface area contributed by atoms with Crippen molar-refractivity contribution in [2.45, 2.75) is 32.4 Å². The lowest BCUT2D eigenvalue weighted by Gasteiger charge is -2.23. The van der Waals surface area contributed by atoms with Gasteiger partial charge >= 0.3 is 0 Å². The molecule has 3 heteroatoms. The van der Waals surface area contributed by atoms with Crippen LogP contribution in [0.2, 0.25) is 0 Å². The van der Waals surface area contributed by atoms with Gasteiger partial charge in [-0.05, 0) is 37.0 Å². The number of rotatable bonds is 3. The second-order valence-corrected chi connectivity index (χ2v) is 5.24. The maximum atomic E-state index is 5.50. The lowest BCUT2D eigenvalue weighted by molar-refractivity contribution is 0.0700. The first-order valence-electron chi connectivity index (χ1n) is 6.99. The third-order valence-corrected chi connectivity index (χ3v) is 3.80. The van der Waals surface area contributed by atoms with Crippen molar-refractivity contribution < 1.29 is 4.74 Å². The number of hydrogen-bond acceptors (Lipinski definition) is 3. The van der Waals surface area contributed by atoms with E-state index in [2.05, 4.69) is 35.4 Å². The molecule has 3 nitrogen and oxygen atoms in total. The second kappa shape index (κ2) is 5.68. The van der Waals surface area contributed by atoms with Crippen LogP contribution in [0.5, 0.6) is 0 Å². The molecule has 2 aromatic rings. The van der Waals surface area contributed by atoms with Crippen LogP contribution >= 0.6 is 0 Å². The molecule has 100 valence electrons. The molecule has 1 N–H and O–H groups in total. The first-order chi connectivity index (χ1) is 9.34. The molecule has 0 radical (unpaired) electrons. The molecule has 2 heterocycles. The predicted octanol–water partition coefficient (Wildman–Crippen LogP) is 2.81. The fourth-order valence-corrected chi connectivity index (χ4v) is 2.68. The van der Waals surface area contributed by atoms with Gasteiger partial charge in [0, 0.05) is 30.8 Å². The monoisotopic (exact) mass is 256 g/mol. The lowest BCUT2D eigenvalue weighted by atomic mass is 10.0. The molecule has 1 atom stereocenters. The summed E-state index contributed by atoms with van der Waals surface area (Å²) in [5.41, 5.74) is 3.67. The molecule has 1 unspecified atom stereocenters. The normalized spacial score (nSPS) is 19.7. The minimum Gasteiger partial charge on any atom is -0.380 e. The van der Waals surface area contributed by atoms with E-state index in [0.29, 0.717) is 6.04 Å². The summed E-state index contributed by atoms with van der Waals surface area (Å²) in [4.78, 5) is 4.48. The zero-order chi connectivity index (χ0) is 13.1. The number of nitrogens with zero attached hydrogens (tertiary/aromatic N) is 1. The molecule has 0 saturated carbocycles. The van der Waals surface area contributed by atoms with Crippen molar-refractivity contribution in [2.75, 3.05) is 13.2 Å². The summed E-state index contributed by atoms with van der Waals surface area (Å²) in [7, 11) is 0. The Morgan fingerprint density at radius 1 is 1.37 bits per heavy atom. The summed E-state index contributed by atoms with van der Waals surface area (Å²) in [6.07, 6.45) is 4.23. The van der Waals surface area contributed by atoms with Crippen molar-refractivity contribution in [3.63, 3.8) is 0 Å². The van der Waals surface area contributed by atoms with Crippen LogP contribution in [-0.4, -0.2) is 24.2 Å². The highest BCUT2D eigenvalue weighted by atomic mass is 16.5. The number of hydrogen-bond donors (Lipinski definition) is 1. The van der Waals surface area contributed by atoms with Crippen molar-refractivity contribution in [3.05, 3.63) is 41.6 Å². The van der Waals surface area contributed by atoms with Crippen LogP contribution in [0, 0.1) is 6.92 Å². The molecule has 1 aliphatic rings. The third kappa shape index (κ3) is 2.77. The molecule has 0 spiro atoms. The Hall–Kier alpha value is -1.45. The standard InChI is InChI=1S/C16H20N2O/c1-12-6-7-13(15-5-2-8-17-16(12)15)10-18-14-4-3-9-19-11-14/h2,5-8,14,18H,3-4,9-11H2,1H3. The summed E-state index contributed by atoms with van der Waals surface area (Å²) in [6.45, 7) is 4.75. The fourth-order valence-electron chi connectivity index (χ4n) is 2.68. The van der Waals surface area contributed by atoms with Gasteiger partial charge in [0.25, 0.3) is 0 Å². The molecular formula is C16H20N2O. The summed E-state index contributed by atoms with van der Waals surface area (Å²) >= 11 is 0. The van der Waals surface area contributed by atoms with Gasteiger partial charge in [-0.15, -0.1) is 0 Å². The molecular weight excluding hydrogens is 236 g/mol. The molecule has 1 aromatic carbocycles. The van der Waals surface area contributed by atoms with E-state index in [1.807, 2.05) is 12.3 Å². The average molecular weight is 256 g/mol. The topological polar surface area (TPSA) is 34.1 Å². The molecule has 0 amide bonds. The van der Waals surface area contributed by atoms with Crippen molar-refractivity contribution in [3.8, 4) is 0 Å². The van der Waals surface area contributed by atoms with E-state index in [9.17, 15) is 0 Å². The summed E-state index contributed by atoms with van der Waals surface area (Å²) in [5.74, 6) is 0. The molecule has 3 rings (SSSR count). The smallest absolute Gasteiger partial charge is 0.0734 e. The largest absolute Gasteiger partial charge is 0.380 e. The maximum Gasteiger partial charge on any atom is 0.0734 e. The van der Waals surface area contributed by atoms with Gasteiger partial charge in [0.2, 0.25) is 0 Å². The lowest BCUT2D eigenvalue weighted by Crippen LogP contribution is -2.36. The van der Waals surface area contributed by atoms with E-state index in [4.69, 9.17) is 4.74 Å². The minimum absolute atomic E-state index is 0.488. The van der Waals surface area contributed by atoms with Crippen LogP contribution in [0.1, 0.15) is 24.0 Å². The van der Waals surface area contributed by atoms with Gasteiger partial charge in [0.15, 0.2) is 0 Å². The number of pyridine rings is 1. The van der Waals surface area contributed by atoms with Gasteiger partial charge in [-0.3, -0.25) is 4.98 Å². The van der Waals surface area contributed by atoms with Crippen molar-refractivity contribution in [1.29, 1.82) is 0 Å². The zero-order valence-electron chi connectivity index (χ0n) is 11.4. The van der Waals surface area contributed by atoms with Crippen LogP contribution in [-0.2, 0) is 11.3 Å². The van der Waals surface area contributed by atoms with Crippen LogP contribution in [0.25, 0.3) is 10.9 Å². The summed E-state index contributed by atoms with van der Waals surface area (Å²) in [5, 5.41) is 4.85.